The topological polar surface area (TPSA) is 94.6 Å². The summed E-state index contributed by atoms with van der Waals surface area (Å²) in [6, 6.07) is 7.27. The number of fused-ring (bicyclic) bond motifs is 1. The zero-order chi connectivity index (χ0) is 16.5. The van der Waals surface area contributed by atoms with Crippen LogP contribution in [0.1, 0.15) is 28.9 Å². The summed E-state index contributed by atoms with van der Waals surface area (Å²) in [6.07, 6.45) is 2.34. The molecule has 0 bridgehead atoms. The largest absolute Gasteiger partial charge is 0.329 e. The fraction of sp³-hybridized carbons (Fsp3) is 0.333. The van der Waals surface area contributed by atoms with E-state index in [9.17, 15) is 4.79 Å². The number of nitrogens with zero attached hydrogens (tertiary/aromatic N) is 8. The van der Waals surface area contributed by atoms with Crippen LogP contribution in [0.2, 0.25) is 0 Å². The van der Waals surface area contributed by atoms with Crippen LogP contribution in [0.15, 0.2) is 30.6 Å². The molecule has 4 rings (SSSR count). The van der Waals surface area contributed by atoms with Gasteiger partial charge < -0.3 is 9.47 Å². The number of carbonyl (C=O) groups is 1. The van der Waals surface area contributed by atoms with E-state index in [1.54, 1.807) is 17.0 Å². The first-order valence-electron chi connectivity index (χ1n) is 7.80. The molecule has 1 aliphatic heterocycles. The van der Waals surface area contributed by atoms with E-state index in [2.05, 4.69) is 37.2 Å². The Bertz CT molecular complexity index is 869. The third-order valence-corrected chi connectivity index (χ3v) is 4.14. The molecule has 24 heavy (non-hydrogen) atoms. The van der Waals surface area contributed by atoms with Crippen LogP contribution >= 0.6 is 0 Å². The Morgan fingerprint density at radius 2 is 2.17 bits per heavy atom. The summed E-state index contributed by atoms with van der Waals surface area (Å²) in [5.41, 5.74) is 1.35. The normalized spacial score (nSPS) is 13.8. The maximum Gasteiger partial charge on any atom is 0.254 e. The zero-order valence-corrected chi connectivity index (χ0v) is 13.2. The number of hydrogen-bond donors (Lipinski definition) is 0. The molecule has 0 N–H and O–H groups in total. The van der Waals surface area contributed by atoms with E-state index in [0.29, 0.717) is 18.7 Å². The van der Waals surface area contributed by atoms with Gasteiger partial charge in [0, 0.05) is 25.1 Å². The molecule has 2 aromatic heterocycles. The zero-order valence-electron chi connectivity index (χ0n) is 13.2. The van der Waals surface area contributed by atoms with Crippen LogP contribution in [0.3, 0.4) is 0 Å². The number of amides is 1. The molecule has 0 saturated heterocycles. The molecule has 0 radical (unpaired) electrons. The average molecular weight is 324 g/mol. The lowest BCUT2D eigenvalue weighted by Gasteiger charge is -2.28. The first kappa shape index (κ1) is 14.5. The Labute approximate surface area is 137 Å². The molecule has 9 nitrogen and oxygen atoms in total. The van der Waals surface area contributed by atoms with Gasteiger partial charge in [0.1, 0.15) is 12.2 Å². The highest BCUT2D eigenvalue weighted by Gasteiger charge is 2.25. The molecule has 1 amide bonds. The number of benzene rings is 1. The lowest BCUT2D eigenvalue weighted by atomic mass is 10.1. The summed E-state index contributed by atoms with van der Waals surface area (Å²) in [4.78, 5) is 14.6. The molecule has 3 aromatic rings. The lowest BCUT2D eigenvalue weighted by molar-refractivity contribution is 0.0706. The molecule has 0 atom stereocenters. The molecule has 9 heteroatoms. The van der Waals surface area contributed by atoms with Crippen LogP contribution < -0.4 is 0 Å². The van der Waals surface area contributed by atoms with Crippen LogP contribution in [0.5, 0.6) is 0 Å². The van der Waals surface area contributed by atoms with Crippen molar-refractivity contribution >= 4 is 5.91 Å². The minimum absolute atomic E-state index is 0.0303. The van der Waals surface area contributed by atoms with Gasteiger partial charge in [0.15, 0.2) is 5.82 Å². The maximum atomic E-state index is 12.8. The summed E-state index contributed by atoms with van der Waals surface area (Å²) < 4.78 is 3.62. The number of aryl methyl sites for hydroxylation is 1. The third kappa shape index (κ3) is 2.43. The first-order chi connectivity index (χ1) is 11.8. The predicted molar refractivity (Wildman–Crippen MR) is 83.3 cm³/mol. The van der Waals surface area contributed by atoms with Crippen molar-refractivity contribution in [1.82, 2.24) is 39.9 Å². The number of rotatable bonds is 3. The second-order valence-electron chi connectivity index (χ2n) is 5.57. The number of aromatic nitrogens is 7. The number of tetrazole rings is 1. The lowest BCUT2D eigenvalue weighted by Crippen LogP contribution is -2.38. The highest BCUT2D eigenvalue weighted by Crippen LogP contribution is 2.17. The summed E-state index contributed by atoms with van der Waals surface area (Å²) in [5, 5.41) is 19.5. The molecule has 0 spiro atoms. The predicted octanol–water partition coefficient (Wildman–Crippen LogP) is 0.472. The molecule has 3 heterocycles. The Morgan fingerprint density at radius 3 is 2.96 bits per heavy atom. The van der Waals surface area contributed by atoms with E-state index in [-0.39, 0.29) is 5.91 Å². The van der Waals surface area contributed by atoms with Gasteiger partial charge >= 0.3 is 0 Å². The van der Waals surface area contributed by atoms with Crippen molar-refractivity contribution in [1.29, 1.82) is 0 Å². The minimum Gasteiger partial charge on any atom is -0.329 e. The van der Waals surface area contributed by atoms with Gasteiger partial charge in [0.05, 0.1) is 12.2 Å². The Kier molecular flexibility index (Phi) is 3.52. The first-order valence-corrected chi connectivity index (χ1v) is 7.80. The van der Waals surface area contributed by atoms with Crippen LogP contribution in [-0.4, -0.2) is 52.3 Å². The Morgan fingerprint density at radius 1 is 1.25 bits per heavy atom. The van der Waals surface area contributed by atoms with Crippen LogP contribution in [0.25, 0.3) is 5.69 Å². The van der Waals surface area contributed by atoms with Gasteiger partial charge in [-0.05, 0) is 28.6 Å². The monoisotopic (exact) mass is 324 g/mol. The highest BCUT2D eigenvalue weighted by molar-refractivity contribution is 5.94. The van der Waals surface area contributed by atoms with E-state index < -0.39 is 0 Å². The van der Waals surface area contributed by atoms with Crippen molar-refractivity contribution in [2.75, 3.05) is 6.54 Å². The maximum absolute atomic E-state index is 12.8. The highest BCUT2D eigenvalue weighted by atomic mass is 16.2. The molecule has 0 unspecified atom stereocenters. The smallest absolute Gasteiger partial charge is 0.254 e. The van der Waals surface area contributed by atoms with Crippen molar-refractivity contribution in [3.05, 3.63) is 47.8 Å². The molecule has 122 valence electrons. The molecule has 1 aliphatic rings. The van der Waals surface area contributed by atoms with Crippen molar-refractivity contribution in [3.8, 4) is 5.69 Å². The molecular weight excluding hydrogens is 308 g/mol. The quantitative estimate of drug-likeness (QED) is 0.695. The summed E-state index contributed by atoms with van der Waals surface area (Å²) in [6.45, 7) is 3.90. The summed E-state index contributed by atoms with van der Waals surface area (Å²) in [7, 11) is 0. The third-order valence-electron chi connectivity index (χ3n) is 4.14. The van der Waals surface area contributed by atoms with Crippen LogP contribution in [0, 0.1) is 0 Å². The van der Waals surface area contributed by atoms with Crippen LogP contribution in [0.4, 0.5) is 0 Å². The molecule has 0 aliphatic carbocycles. The number of carbonyl (C=O) groups excluding carboxylic acids is 1. The van der Waals surface area contributed by atoms with E-state index in [1.807, 2.05) is 12.1 Å². The van der Waals surface area contributed by atoms with Crippen molar-refractivity contribution in [3.63, 3.8) is 0 Å². The average Bonchev–Trinajstić information content (AvgIpc) is 3.30. The van der Waals surface area contributed by atoms with E-state index in [1.165, 1.54) is 11.0 Å². The second kappa shape index (κ2) is 5.84. The van der Waals surface area contributed by atoms with Gasteiger partial charge in [0.25, 0.3) is 5.91 Å². The fourth-order valence-electron chi connectivity index (χ4n) is 2.90. The Balaban J connectivity index is 1.57. The molecular formula is C15H16N8O. The molecule has 1 aromatic carbocycles. The number of hydrogen-bond acceptors (Lipinski definition) is 6. The molecule has 0 fully saturated rings. The standard InChI is InChI=1S/C15H16N8O/c1-2-13-17-18-14-9-21(6-7-22(13)14)15(24)11-4-3-5-12(8-11)23-10-16-19-20-23/h3-5,8,10H,2,6-7,9H2,1H3. The fourth-order valence-corrected chi connectivity index (χ4v) is 2.90. The summed E-state index contributed by atoms with van der Waals surface area (Å²) >= 11 is 0. The van der Waals surface area contributed by atoms with Gasteiger partial charge in [0.2, 0.25) is 0 Å². The molecule has 0 saturated carbocycles. The van der Waals surface area contributed by atoms with Crippen molar-refractivity contribution < 1.29 is 4.79 Å². The van der Waals surface area contributed by atoms with Gasteiger partial charge in [-0.1, -0.05) is 13.0 Å². The SMILES string of the molecule is CCc1nnc2n1CCN(C(=O)c1cccc(-n3cnnn3)c1)C2. The van der Waals surface area contributed by atoms with E-state index in [4.69, 9.17) is 0 Å². The Hall–Kier alpha value is -3.10. The van der Waals surface area contributed by atoms with Gasteiger partial charge in [-0.2, -0.15) is 0 Å². The van der Waals surface area contributed by atoms with Gasteiger partial charge in [-0.3, -0.25) is 4.79 Å². The van der Waals surface area contributed by atoms with E-state index >= 15 is 0 Å². The van der Waals surface area contributed by atoms with Gasteiger partial charge in [-0.15, -0.1) is 15.3 Å². The summed E-state index contributed by atoms with van der Waals surface area (Å²) in [5.74, 6) is 1.78. The van der Waals surface area contributed by atoms with Gasteiger partial charge in [-0.25, -0.2) is 4.68 Å². The minimum atomic E-state index is -0.0303. The van der Waals surface area contributed by atoms with Crippen LogP contribution in [-0.2, 0) is 19.5 Å². The van der Waals surface area contributed by atoms with Crippen molar-refractivity contribution in [2.24, 2.45) is 0 Å². The van der Waals surface area contributed by atoms with E-state index in [0.717, 1.165) is 30.3 Å². The second-order valence-corrected chi connectivity index (χ2v) is 5.57. The van der Waals surface area contributed by atoms with Crippen molar-refractivity contribution in [2.45, 2.75) is 26.4 Å².